The minimum absolute atomic E-state index is 0.0964. The molecule has 0 aliphatic heterocycles. The zero-order valence-electron chi connectivity index (χ0n) is 9.04. The second kappa shape index (κ2) is 4.65. The summed E-state index contributed by atoms with van der Waals surface area (Å²) in [5, 5.41) is 20.6. The van der Waals surface area contributed by atoms with Gasteiger partial charge in [-0.3, -0.25) is 4.79 Å². The molecular formula is C13H11NO3. The van der Waals surface area contributed by atoms with E-state index in [1.807, 2.05) is 18.2 Å². The van der Waals surface area contributed by atoms with Gasteiger partial charge in [0.2, 0.25) is 12.3 Å². The number of carbonyl (C=O) groups excluding carboxylic acids is 1. The number of benzene rings is 1. The van der Waals surface area contributed by atoms with Crippen molar-refractivity contribution in [3.8, 4) is 11.5 Å². The van der Waals surface area contributed by atoms with Gasteiger partial charge >= 0.3 is 0 Å². The van der Waals surface area contributed by atoms with Crippen LogP contribution in [0.3, 0.4) is 0 Å². The van der Waals surface area contributed by atoms with Crippen molar-refractivity contribution in [1.82, 2.24) is 0 Å². The Bertz CT molecular complexity index is 538. The Morgan fingerprint density at radius 2 is 1.94 bits per heavy atom. The van der Waals surface area contributed by atoms with E-state index in [4.69, 9.17) is 5.11 Å². The topological polar surface area (TPSA) is 64.2 Å². The third kappa shape index (κ3) is 2.60. The first-order valence-corrected chi connectivity index (χ1v) is 5.14. The van der Waals surface area contributed by atoms with Gasteiger partial charge in [0.05, 0.1) is 0 Å². The van der Waals surface area contributed by atoms with Gasteiger partial charge in [0.1, 0.15) is 5.75 Å². The third-order valence-corrected chi connectivity index (χ3v) is 2.37. The smallest absolute Gasteiger partial charge is 0.226 e. The molecule has 17 heavy (non-hydrogen) atoms. The van der Waals surface area contributed by atoms with Gasteiger partial charge in [0.25, 0.3) is 0 Å². The minimum atomic E-state index is -0.452. The first-order chi connectivity index (χ1) is 8.16. The number of ketones is 1. The van der Waals surface area contributed by atoms with Crippen molar-refractivity contribution in [2.24, 2.45) is 0 Å². The Balaban J connectivity index is 2.21. The number of hydrogen-bond acceptors (Lipinski definition) is 3. The summed E-state index contributed by atoms with van der Waals surface area (Å²) in [7, 11) is 0. The molecule has 86 valence electrons. The van der Waals surface area contributed by atoms with Gasteiger partial charge in [-0.1, -0.05) is 11.8 Å². The molecule has 0 unspecified atom stereocenters. The molecule has 0 atom stereocenters. The first kappa shape index (κ1) is 11.1. The Hall–Kier alpha value is -2.36. The number of nitrogens with zero attached hydrogens (tertiary/aromatic N) is 1. The number of phenols is 1. The number of phenolic OH excluding ortho intramolecular Hbond substituents is 1. The van der Waals surface area contributed by atoms with Crippen LogP contribution in [0.25, 0.3) is 0 Å². The molecule has 0 saturated heterocycles. The summed E-state index contributed by atoms with van der Waals surface area (Å²) < 4.78 is 1.69. The molecule has 1 heterocycles. The molecule has 0 saturated carbocycles. The van der Waals surface area contributed by atoms with Crippen molar-refractivity contribution in [1.29, 1.82) is 0 Å². The Kier molecular flexibility index (Phi) is 3.05. The summed E-state index contributed by atoms with van der Waals surface area (Å²) in [5.74, 6) is -0.850. The van der Waals surface area contributed by atoms with Crippen LogP contribution in [0.15, 0.2) is 48.8 Å². The van der Waals surface area contributed by atoms with Crippen molar-refractivity contribution in [3.63, 3.8) is 0 Å². The molecule has 2 aromatic rings. The monoisotopic (exact) mass is 229 g/mol. The molecule has 4 nitrogen and oxygen atoms in total. The Morgan fingerprint density at radius 1 is 1.24 bits per heavy atom. The standard InChI is InChI=1S/C13H11NO3/c15-10-4-5-11(12(16)8-10)13(17)9-14-6-2-1-3-7-14/h1-8H,9H2,(H-,15,16,17). The molecule has 4 heteroatoms. The van der Waals surface area contributed by atoms with Gasteiger partial charge in [-0.2, -0.15) is 4.57 Å². The maximum absolute atomic E-state index is 11.8. The summed E-state index contributed by atoms with van der Waals surface area (Å²) >= 11 is 0. The van der Waals surface area contributed by atoms with Crippen LogP contribution in [0.1, 0.15) is 10.4 Å². The molecule has 0 amide bonds. The van der Waals surface area contributed by atoms with Crippen LogP contribution in [0.4, 0.5) is 0 Å². The maximum Gasteiger partial charge on any atom is 0.226 e. The SMILES string of the molecule is O=C(C[n+]1ccccc1)c1ccc(O)cc1[O-]. The van der Waals surface area contributed by atoms with Gasteiger partial charge in [0, 0.05) is 17.7 Å². The van der Waals surface area contributed by atoms with E-state index in [2.05, 4.69) is 0 Å². The van der Waals surface area contributed by atoms with Crippen molar-refractivity contribution >= 4 is 5.78 Å². The summed E-state index contributed by atoms with van der Waals surface area (Å²) in [4.78, 5) is 11.8. The number of rotatable bonds is 3. The molecular weight excluding hydrogens is 218 g/mol. The first-order valence-electron chi connectivity index (χ1n) is 5.14. The van der Waals surface area contributed by atoms with Crippen molar-refractivity contribution < 1.29 is 19.6 Å². The highest BCUT2D eigenvalue weighted by Gasteiger charge is 2.12. The lowest BCUT2D eigenvalue weighted by atomic mass is 10.1. The second-order valence-corrected chi connectivity index (χ2v) is 3.65. The highest BCUT2D eigenvalue weighted by Crippen LogP contribution is 2.20. The molecule has 0 spiro atoms. The lowest BCUT2D eigenvalue weighted by Crippen LogP contribution is -2.37. The van der Waals surface area contributed by atoms with Gasteiger partial charge in [-0.15, -0.1) is 0 Å². The van der Waals surface area contributed by atoms with E-state index in [9.17, 15) is 9.90 Å². The van der Waals surface area contributed by atoms with Crippen LogP contribution >= 0.6 is 0 Å². The van der Waals surface area contributed by atoms with Crippen LogP contribution in [-0.2, 0) is 6.54 Å². The van der Waals surface area contributed by atoms with E-state index < -0.39 is 5.75 Å². The fourth-order valence-corrected chi connectivity index (χ4v) is 1.53. The molecule has 0 bridgehead atoms. The Morgan fingerprint density at radius 3 is 2.59 bits per heavy atom. The van der Waals surface area contributed by atoms with Gasteiger partial charge in [-0.05, 0) is 18.2 Å². The van der Waals surface area contributed by atoms with Crippen LogP contribution in [0.5, 0.6) is 11.5 Å². The van der Waals surface area contributed by atoms with E-state index in [1.165, 1.54) is 12.1 Å². The quantitative estimate of drug-likeness (QED) is 0.620. The van der Waals surface area contributed by atoms with Gasteiger partial charge < -0.3 is 10.2 Å². The summed E-state index contributed by atoms with van der Waals surface area (Å²) in [6.07, 6.45) is 3.51. The minimum Gasteiger partial charge on any atom is -0.872 e. The highest BCUT2D eigenvalue weighted by atomic mass is 16.3. The lowest BCUT2D eigenvalue weighted by Gasteiger charge is -2.10. The molecule has 0 fully saturated rings. The highest BCUT2D eigenvalue weighted by molar-refractivity contribution is 5.97. The normalized spacial score (nSPS) is 10.1. The molecule has 1 aromatic heterocycles. The van der Waals surface area contributed by atoms with Gasteiger partial charge in [0.15, 0.2) is 12.4 Å². The zero-order valence-corrected chi connectivity index (χ0v) is 9.04. The second-order valence-electron chi connectivity index (χ2n) is 3.65. The average Bonchev–Trinajstić information content (AvgIpc) is 2.30. The van der Waals surface area contributed by atoms with Crippen LogP contribution in [-0.4, -0.2) is 10.9 Å². The van der Waals surface area contributed by atoms with Crippen LogP contribution in [0, 0.1) is 0 Å². The summed E-state index contributed by atoms with van der Waals surface area (Å²) in [5.41, 5.74) is 0.0964. The van der Waals surface area contributed by atoms with E-state index in [1.54, 1.807) is 17.0 Å². The molecule has 1 aromatic carbocycles. The Labute approximate surface area is 98.4 Å². The zero-order chi connectivity index (χ0) is 12.3. The largest absolute Gasteiger partial charge is 0.872 e. The van der Waals surface area contributed by atoms with Crippen molar-refractivity contribution in [3.05, 3.63) is 54.4 Å². The van der Waals surface area contributed by atoms with Crippen LogP contribution < -0.4 is 9.67 Å². The third-order valence-electron chi connectivity index (χ3n) is 2.37. The van der Waals surface area contributed by atoms with Crippen molar-refractivity contribution in [2.75, 3.05) is 0 Å². The summed E-state index contributed by atoms with van der Waals surface area (Å²) in [6.45, 7) is 0.112. The fraction of sp³-hybridized carbons (Fsp3) is 0.0769. The number of carbonyl (C=O) groups is 1. The van der Waals surface area contributed by atoms with E-state index in [0.717, 1.165) is 6.07 Å². The number of Topliss-reactive ketones (excluding diaryl/α,β-unsaturated/α-hetero) is 1. The number of aromatic hydroxyl groups is 1. The van der Waals surface area contributed by atoms with E-state index in [-0.39, 0.29) is 23.6 Å². The van der Waals surface area contributed by atoms with Gasteiger partial charge in [-0.25, -0.2) is 0 Å². The average molecular weight is 229 g/mol. The molecule has 0 radical (unpaired) electrons. The molecule has 2 rings (SSSR count). The van der Waals surface area contributed by atoms with Crippen molar-refractivity contribution in [2.45, 2.75) is 6.54 Å². The molecule has 0 aliphatic carbocycles. The molecule has 0 aliphatic rings. The number of aromatic nitrogens is 1. The predicted molar refractivity (Wildman–Crippen MR) is 58.5 cm³/mol. The van der Waals surface area contributed by atoms with Crippen LogP contribution in [0.2, 0.25) is 0 Å². The van der Waals surface area contributed by atoms with E-state index in [0.29, 0.717) is 0 Å². The lowest BCUT2D eigenvalue weighted by molar-refractivity contribution is -0.683. The fourth-order valence-electron chi connectivity index (χ4n) is 1.53. The summed E-state index contributed by atoms with van der Waals surface area (Å²) in [6, 6.07) is 9.20. The predicted octanol–water partition coefficient (Wildman–Crippen LogP) is 0.636. The number of hydrogen-bond donors (Lipinski definition) is 1. The van der Waals surface area contributed by atoms with E-state index >= 15 is 0 Å². The molecule has 1 N–H and O–H groups in total. The maximum atomic E-state index is 11.8. The number of pyridine rings is 1.